The Morgan fingerprint density at radius 3 is 2.71 bits per heavy atom. The van der Waals surface area contributed by atoms with Crippen molar-refractivity contribution in [2.75, 3.05) is 0 Å². The number of nitrogens with one attached hydrogen (secondary N) is 1. The quantitative estimate of drug-likeness (QED) is 0.574. The number of aromatic nitrogens is 1. The molecule has 0 saturated heterocycles. The monoisotopic (exact) mass is 243 g/mol. The average molecular weight is 243 g/mol. The van der Waals surface area contributed by atoms with Crippen LogP contribution in [-0.4, -0.2) is 16.1 Å². The van der Waals surface area contributed by atoms with Crippen LogP contribution in [0.2, 0.25) is 0 Å². The number of carboxylic acid groups (broad SMARTS) is 1. The molecule has 4 heteroatoms. The molecule has 0 bridgehead atoms. The standard InChI is InChI=1S/C13H9NO2S/c15-13(16)9-5-7(17)6-11-12(9)8-3-1-2-4-10(8)14-11/h1-6,14,17H,(H,15,16). The molecule has 0 radical (unpaired) electrons. The predicted octanol–water partition coefficient (Wildman–Crippen LogP) is 3.31. The summed E-state index contributed by atoms with van der Waals surface area (Å²) in [6.07, 6.45) is 0. The maximum absolute atomic E-state index is 11.3. The summed E-state index contributed by atoms with van der Waals surface area (Å²) in [7, 11) is 0. The molecule has 2 N–H and O–H groups in total. The minimum absolute atomic E-state index is 0.282. The Balaban J connectivity index is 2.58. The van der Waals surface area contributed by atoms with Crippen LogP contribution in [0.1, 0.15) is 10.4 Å². The predicted molar refractivity (Wildman–Crippen MR) is 70.0 cm³/mol. The van der Waals surface area contributed by atoms with E-state index in [1.807, 2.05) is 30.3 Å². The van der Waals surface area contributed by atoms with Gasteiger partial charge >= 0.3 is 5.97 Å². The number of rotatable bonds is 1. The molecule has 0 aliphatic rings. The number of aromatic carboxylic acids is 1. The molecule has 0 unspecified atom stereocenters. The van der Waals surface area contributed by atoms with Gasteiger partial charge < -0.3 is 10.1 Å². The molecule has 0 aliphatic heterocycles. The van der Waals surface area contributed by atoms with Crippen molar-refractivity contribution < 1.29 is 9.90 Å². The zero-order valence-electron chi connectivity index (χ0n) is 8.77. The molecule has 0 amide bonds. The minimum atomic E-state index is -0.935. The Labute approximate surface area is 102 Å². The Kier molecular flexibility index (Phi) is 2.12. The lowest BCUT2D eigenvalue weighted by Crippen LogP contribution is -1.96. The summed E-state index contributed by atoms with van der Waals surface area (Å²) >= 11 is 4.22. The molecule has 2 aromatic carbocycles. The smallest absolute Gasteiger partial charge is 0.336 e. The molecule has 0 saturated carbocycles. The van der Waals surface area contributed by atoms with Crippen molar-refractivity contribution in [3.8, 4) is 0 Å². The Hall–Kier alpha value is -1.94. The second-order valence-electron chi connectivity index (χ2n) is 3.89. The number of fused-ring (bicyclic) bond motifs is 3. The summed E-state index contributed by atoms with van der Waals surface area (Å²) in [6.45, 7) is 0. The molecule has 3 aromatic rings. The van der Waals surface area contributed by atoms with Crippen LogP contribution in [0.15, 0.2) is 41.3 Å². The van der Waals surface area contributed by atoms with E-state index in [1.165, 1.54) is 0 Å². The zero-order chi connectivity index (χ0) is 12.0. The summed E-state index contributed by atoms with van der Waals surface area (Å²) in [5.74, 6) is -0.935. The highest BCUT2D eigenvalue weighted by Crippen LogP contribution is 2.30. The molecule has 1 heterocycles. The highest BCUT2D eigenvalue weighted by molar-refractivity contribution is 7.80. The fraction of sp³-hybridized carbons (Fsp3) is 0. The summed E-state index contributed by atoms with van der Waals surface area (Å²) in [6, 6.07) is 11.1. The Bertz CT molecular complexity index is 746. The van der Waals surface area contributed by atoms with Crippen LogP contribution in [0.25, 0.3) is 21.8 Å². The fourth-order valence-electron chi connectivity index (χ4n) is 2.14. The first kappa shape index (κ1) is 10.2. The lowest BCUT2D eigenvalue weighted by Gasteiger charge is -2.00. The number of para-hydroxylation sites is 1. The molecule has 0 atom stereocenters. The second kappa shape index (κ2) is 3.53. The van der Waals surface area contributed by atoms with Crippen molar-refractivity contribution in [1.82, 2.24) is 4.98 Å². The first-order valence-electron chi connectivity index (χ1n) is 5.13. The molecule has 84 valence electrons. The van der Waals surface area contributed by atoms with Gasteiger partial charge in [0, 0.05) is 26.7 Å². The van der Waals surface area contributed by atoms with Gasteiger partial charge in [0.15, 0.2) is 0 Å². The first-order valence-corrected chi connectivity index (χ1v) is 5.58. The van der Waals surface area contributed by atoms with Crippen LogP contribution < -0.4 is 0 Å². The normalized spacial score (nSPS) is 11.1. The van der Waals surface area contributed by atoms with Crippen molar-refractivity contribution in [3.05, 3.63) is 42.0 Å². The van der Waals surface area contributed by atoms with Crippen LogP contribution >= 0.6 is 12.6 Å². The van der Waals surface area contributed by atoms with Crippen molar-refractivity contribution in [1.29, 1.82) is 0 Å². The van der Waals surface area contributed by atoms with Gasteiger partial charge in [-0.3, -0.25) is 0 Å². The van der Waals surface area contributed by atoms with E-state index in [-0.39, 0.29) is 5.56 Å². The third kappa shape index (κ3) is 1.49. The van der Waals surface area contributed by atoms with E-state index in [0.717, 1.165) is 21.8 Å². The third-order valence-corrected chi connectivity index (χ3v) is 3.08. The number of hydrogen-bond donors (Lipinski definition) is 3. The number of carboxylic acids is 1. The van der Waals surface area contributed by atoms with Crippen LogP contribution in [-0.2, 0) is 0 Å². The molecule has 3 rings (SSSR count). The van der Waals surface area contributed by atoms with Gasteiger partial charge in [-0.15, -0.1) is 12.6 Å². The minimum Gasteiger partial charge on any atom is -0.478 e. The maximum atomic E-state index is 11.3. The number of aromatic amines is 1. The molecule has 0 aliphatic carbocycles. The molecule has 3 nitrogen and oxygen atoms in total. The summed E-state index contributed by atoms with van der Waals surface area (Å²) < 4.78 is 0. The van der Waals surface area contributed by atoms with Gasteiger partial charge in [-0.2, -0.15) is 0 Å². The number of benzene rings is 2. The van der Waals surface area contributed by atoms with E-state index >= 15 is 0 Å². The Morgan fingerprint density at radius 2 is 1.94 bits per heavy atom. The molecule has 1 aromatic heterocycles. The fourth-order valence-corrected chi connectivity index (χ4v) is 2.40. The van der Waals surface area contributed by atoms with Gasteiger partial charge in [0.25, 0.3) is 0 Å². The van der Waals surface area contributed by atoms with E-state index in [2.05, 4.69) is 17.6 Å². The number of hydrogen-bond acceptors (Lipinski definition) is 2. The zero-order valence-corrected chi connectivity index (χ0v) is 9.66. The van der Waals surface area contributed by atoms with Gasteiger partial charge in [0.05, 0.1) is 5.56 Å². The molecular weight excluding hydrogens is 234 g/mol. The highest BCUT2D eigenvalue weighted by atomic mass is 32.1. The van der Waals surface area contributed by atoms with E-state index in [9.17, 15) is 9.90 Å². The van der Waals surface area contributed by atoms with Crippen molar-refractivity contribution >= 4 is 40.4 Å². The topological polar surface area (TPSA) is 53.1 Å². The lowest BCUT2D eigenvalue weighted by atomic mass is 10.1. The van der Waals surface area contributed by atoms with E-state index in [4.69, 9.17) is 0 Å². The van der Waals surface area contributed by atoms with Gasteiger partial charge in [0.1, 0.15) is 0 Å². The van der Waals surface area contributed by atoms with Gasteiger partial charge in [-0.1, -0.05) is 18.2 Å². The van der Waals surface area contributed by atoms with E-state index < -0.39 is 5.97 Å². The second-order valence-corrected chi connectivity index (χ2v) is 4.41. The molecule has 0 spiro atoms. The maximum Gasteiger partial charge on any atom is 0.336 e. The summed E-state index contributed by atoms with van der Waals surface area (Å²) in [4.78, 5) is 15.1. The lowest BCUT2D eigenvalue weighted by molar-refractivity contribution is 0.0699. The van der Waals surface area contributed by atoms with Crippen LogP contribution in [0.5, 0.6) is 0 Å². The Morgan fingerprint density at radius 1 is 1.18 bits per heavy atom. The van der Waals surface area contributed by atoms with Gasteiger partial charge in [-0.25, -0.2) is 4.79 Å². The van der Waals surface area contributed by atoms with Crippen molar-refractivity contribution in [2.24, 2.45) is 0 Å². The molecule has 17 heavy (non-hydrogen) atoms. The van der Waals surface area contributed by atoms with E-state index in [0.29, 0.717) is 4.90 Å². The molecular formula is C13H9NO2S. The third-order valence-electron chi connectivity index (χ3n) is 2.82. The van der Waals surface area contributed by atoms with Crippen molar-refractivity contribution in [3.63, 3.8) is 0 Å². The summed E-state index contributed by atoms with van der Waals surface area (Å²) in [5.41, 5.74) is 2.02. The SMILES string of the molecule is O=C(O)c1cc(S)cc2[nH]c3ccccc3c12. The average Bonchev–Trinajstić information content (AvgIpc) is 2.65. The molecule has 0 fully saturated rings. The summed E-state index contributed by atoms with van der Waals surface area (Å²) in [5, 5.41) is 10.9. The van der Waals surface area contributed by atoms with Crippen LogP contribution in [0, 0.1) is 0 Å². The van der Waals surface area contributed by atoms with Gasteiger partial charge in [-0.05, 0) is 18.2 Å². The largest absolute Gasteiger partial charge is 0.478 e. The van der Waals surface area contributed by atoms with Crippen molar-refractivity contribution in [2.45, 2.75) is 4.90 Å². The number of carbonyl (C=O) groups is 1. The number of thiol groups is 1. The highest BCUT2D eigenvalue weighted by Gasteiger charge is 2.14. The first-order chi connectivity index (χ1) is 8.16. The van der Waals surface area contributed by atoms with Crippen LogP contribution in [0.4, 0.5) is 0 Å². The van der Waals surface area contributed by atoms with Gasteiger partial charge in [0.2, 0.25) is 0 Å². The van der Waals surface area contributed by atoms with Crippen LogP contribution in [0.3, 0.4) is 0 Å². The number of H-pyrrole nitrogens is 1. The van der Waals surface area contributed by atoms with E-state index in [1.54, 1.807) is 6.07 Å².